The fourth-order valence-electron chi connectivity index (χ4n) is 6.77. The molecule has 1 amide bonds. The molecule has 0 aliphatic heterocycles. The number of fused-ring (bicyclic) bond motifs is 2. The van der Waals surface area contributed by atoms with Crippen LogP contribution in [0, 0.1) is 12.7 Å². The molecule has 4 aromatic heterocycles. The maximum atomic E-state index is 14.4. The van der Waals surface area contributed by atoms with Gasteiger partial charge in [0.1, 0.15) is 17.2 Å². The highest BCUT2D eigenvalue weighted by Crippen LogP contribution is 2.29. The number of nitrogens with one attached hydrogen (secondary N) is 1. The molecule has 1 aliphatic carbocycles. The van der Waals surface area contributed by atoms with Crippen LogP contribution in [-0.4, -0.2) is 54.4 Å². The van der Waals surface area contributed by atoms with E-state index < -0.39 is 11.5 Å². The highest BCUT2D eigenvalue weighted by atomic mass is 19.1. The second-order valence-electron chi connectivity index (χ2n) is 12.8. The normalized spacial score (nSPS) is 16.5. The Morgan fingerprint density at radius 2 is 1.77 bits per heavy atom. The average molecular weight is 646 g/mol. The molecule has 0 bridgehead atoms. The molecule has 48 heavy (non-hydrogen) atoms. The van der Waals surface area contributed by atoms with Crippen LogP contribution in [0.1, 0.15) is 53.3 Å². The van der Waals surface area contributed by atoms with Crippen molar-refractivity contribution in [3.8, 4) is 16.8 Å². The Morgan fingerprint density at radius 3 is 2.56 bits per heavy atom. The molecule has 4 heterocycles. The maximum Gasteiger partial charge on any atom is 0.337 e. The fourth-order valence-corrected chi connectivity index (χ4v) is 6.77. The lowest BCUT2D eigenvalue weighted by Crippen LogP contribution is -2.45. The van der Waals surface area contributed by atoms with E-state index in [1.807, 2.05) is 57.4 Å². The van der Waals surface area contributed by atoms with Crippen molar-refractivity contribution in [3.05, 3.63) is 129 Å². The van der Waals surface area contributed by atoms with Crippen LogP contribution in [0.3, 0.4) is 0 Å². The summed E-state index contributed by atoms with van der Waals surface area (Å²) < 4.78 is 18.0. The van der Waals surface area contributed by atoms with Gasteiger partial charge in [-0.1, -0.05) is 36.4 Å². The van der Waals surface area contributed by atoms with Crippen LogP contribution in [0.25, 0.3) is 33.5 Å². The van der Waals surface area contributed by atoms with Crippen LogP contribution < -0.4 is 16.6 Å². The van der Waals surface area contributed by atoms with E-state index in [2.05, 4.69) is 32.3 Å². The minimum atomic E-state index is -0.438. The SMILES string of the molecule is Cc1cnc2c(c1)c(=O)n(C1CCC(NC(=O)c3cn4cc(F)ccc4n3)CC1)c(=O)n2-c1cccc(-c2ccccc2CN(C)C)c1. The molecule has 0 atom stereocenters. The molecule has 0 unspecified atom stereocenters. The van der Waals surface area contributed by atoms with E-state index >= 15 is 0 Å². The molecule has 1 saturated carbocycles. The van der Waals surface area contributed by atoms with Crippen LogP contribution in [0.15, 0.2) is 94.9 Å². The first kappa shape index (κ1) is 31.2. The summed E-state index contributed by atoms with van der Waals surface area (Å²) in [5.74, 6) is -0.765. The Balaban J connectivity index is 1.20. The molecule has 1 aliphatic rings. The van der Waals surface area contributed by atoms with Gasteiger partial charge >= 0.3 is 5.69 Å². The number of halogens is 1. The second-order valence-corrected chi connectivity index (χ2v) is 12.8. The summed E-state index contributed by atoms with van der Waals surface area (Å²) in [7, 11) is 4.06. The molecule has 0 radical (unpaired) electrons. The first-order valence-corrected chi connectivity index (χ1v) is 16.1. The molecule has 7 rings (SSSR count). The van der Waals surface area contributed by atoms with Gasteiger partial charge in [0.05, 0.1) is 11.1 Å². The lowest BCUT2D eigenvalue weighted by molar-refractivity contribution is 0.0917. The number of hydrogen-bond acceptors (Lipinski definition) is 6. The lowest BCUT2D eigenvalue weighted by Gasteiger charge is -2.30. The van der Waals surface area contributed by atoms with E-state index in [-0.39, 0.29) is 29.2 Å². The highest BCUT2D eigenvalue weighted by molar-refractivity contribution is 5.93. The zero-order chi connectivity index (χ0) is 33.5. The van der Waals surface area contributed by atoms with E-state index in [1.54, 1.807) is 16.8 Å². The third-order valence-corrected chi connectivity index (χ3v) is 9.03. The van der Waals surface area contributed by atoms with Crippen molar-refractivity contribution >= 4 is 22.6 Å². The topological polar surface area (TPSA) is 107 Å². The molecule has 1 fully saturated rings. The number of carbonyl (C=O) groups excluding carboxylic acids is 1. The molecule has 0 saturated heterocycles. The number of nitrogens with zero attached hydrogens (tertiary/aromatic N) is 6. The van der Waals surface area contributed by atoms with E-state index in [0.717, 1.165) is 28.8 Å². The summed E-state index contributed by atoms with van der Waals surface area (Å²) in [6, 6.07) is 20.1. The molecule has 10 nitrogen and oxygen atoms in total. The van der Waals surface area contributed by atoms with E-state index in [4.69, 9.17) is 0 Å². The van der Waals surface area contributed by atoms with Gasteiger partial charge in [-0.15, -0.1) is 0 Å². The van der Waals surface area contributed by atoms with Gasteiger partial charge in [-0.3, -0.25) is 14.2 Å². The Bertz CT molecular complexity index is 2300. The molecule has 0 spiro atoms. The predicted octanol–water partition coefficient (Wildman–Crippen LogP) is 5.28. The minimum Gasteiger partial charge on any atom is -0.348 e. The number of amides is 1. The van der Waals surface area contributed by atoms with Crippen molar-refractivity contribution in [3.63, 3.8) is 0 Å². The summed E-state index contributed by atoms with van der Waals surface area (Å²) in [6.07, 6.45) is 6.65. The number of benzene rings is 2. The molecule has 2 aromatic carbocycles. The number of imidazole rings is 1. The summed E-state index contributed by atoms with van der Waals surface area (Å²) >= 11 is 0. The van der Waals surface area contributed by atoms with Crippen LogP contribution in [-0.2, 0) is 6.54 Å². The molecular formula is C37H36FN7O3. The molecule has 244 valence electrons. The predicted molar refractivity (Wildman–Crippen MR) is 183 cm³/mol. The Kier molecular flexibility index (Phi) is 8.22. The average Bonchev–Trinajstić information content (AvgIpc) is 3.50. The number of carbonyl (C=O) groups is 1. The number of aryl methyl sites for hydroxylation is 1. The van der Waals surface area contributed by atoms with E-state index in [1.165, 1.54) is 33.5 Å². The summed E-state index contributed by atoms with van der Waals surface area (Å²) in [4.78, 5) is 52.4. The summed E-state index contributed by atoms with van der Waals surface area (Å²) in [5.41, 5.74) is 4.83. The van der Waals surface area contributed by atoms with Gasteiger partial charge in [0.15, 0.2) is 5.65 Å². The minimum absolute atomic E-state index is 0.156. The van der Waals surface area contributed by atoms with Gasteiger partial charge in [0.25, 0.3) is 11.5 Å². The van der Waals surface area contributed by atoms with Crippen LogP contribution in [0.5, 0.6) is 0 Å². The summed E-state index contributed by atoms with van der Waals surface area (Å²) in [5, 5.41) is 3.41. The van der Waals surface area contributed by atoms with Gasteiger partial charge in [0.2, 0.25) is 0 Å². The quantitative estimate of drug-likeness (QED) is 0.253. The molecule has 6 aromatic rings. The van der Waals surface area contributed by atoms with Crippen molar-refractivity contribution in [2.75, 3.05) is 14.1 Å². The molecule has 11 heteroatoms. The van der Waals surface area contributed by atoms with Gasteiger partial charge in [-0.25, -0.2) is 23.7 Å². The monoisotopic (exact) mass is 645 g/mol. The summed E-state index contributed by atoms with van der Waals surface area (Å²) in [6.45, 7) is 2.64. The van der Waals surface area contributed by atoms with Crippen LogP contribution >= 0.6 is 0 Å². The lowest BCUT2D eigenvalue weighted by atomic mass is 9.90. The van der Waals surface area contributed by atoms with Gasteiger partial charge in [0, 0.05) is 37.2 Å². The van der Waals surface area contributed by atoms with Crippen molar-refractivity contribution in [1.82, 2.24) is 33.7 Å². The number of hydrogen-bond donors (Lipinski definition) is 1. The Hall–Kier alpha value is -5.42. The second kappa shape index (κ2) is 12.6. The fraction of sp³-hybridized carbons (Fsp3) is 0.270. The Morgan fingerprint density at radius 1 is 0.979 bits per heavy atom. The van der Waals surface area contributed by atoms with Crippen LogP contribution in [0.2, 0.25) is 0 Å². The third kappa shape index (κ3) is 5.93. The van der Waals surface area contributed by atoms with Crippen molar-refractivity contribution in [2.45, 2.75) is 51.2 Å². The number of aromatic nitrogens is 5. The van der Waals surface area contributed by atoms with Gasteiger partial charge in [-0.05, 0) is 99.3 Å². The molecular weight excluding hydrogens is 609 g/mol. The smallest absolute Gasteiger partial charge is 0.337 e. The van der Waals surface area contributed by atoms with Crippen molar-refractivity contribution in [1.29, 1.82) is 0 Å². The van der Waals surface area contributed by atoms with Crippen molar-refractivity contribution < 1.29 is 9.18 Å². The van der Waals surface area contributed by atoms with Gasteiger partial charge < -0.3 is 14.6 Å². The number of rotatable bonds is 7. The highest BCUT2D eigenvalue weighted by Gasteiger charge is 2.28. The third-order valence-electron chi connectivity index (χ3n) is 9.03. The maximum absolute atomic E-state index is 14.4. The first-order valence-electron chi connectivity index (χ1n) is 16.1. The van der Waals surface area contributed by atoms with E-state index in [0.29, 0.717) is 48.1 Å². The first-order chi connectivity index (χ1) is 23.2. The number of pyridine rings is 2. The largest absolute Gasteiger partial charge is 0.348 e. The van der Waals surface area contributed by atoms with Crippen LogP contribution in [0.4, 0.5) is 4.39 Å². The van der Waals surface area contributed by atoms with Gasteiger partial charge in [-0.2, -0.15) is 0 Å². The van der Waals surface area contributed by atoms with Crippen molar-refractivity contribution in [2.24, 2.45) is 0 Å². The van der Waals surface area contributed by atoms with E-state index in [9.17, 15) is 18.8 Å². The standard InChI is InChI=1S/C37H36FN7O3/c1-23-17-31-34(39-19-23)44(29-9-6-8-24(18-29)30-10-5-4-7-25(30)20-42(2)3)37(48)45(36(31)47)28-14-12-27(13-15-28)40-35(46)32-22-43-21-26(38)11-16-33(43)41-32/h4-11,16-19,21-22,27-28H,12-15,20H2,1-3H3,(H,40,46). The molecule has 1 N–H and O–H groups in total. The zero-order valence-corrected chi connectivity index (χ0v) is 27.1. The zero-order valence-electron chi connectivity index (χ0n) is 27.1. The Labute approximate surface area is 276 Å².